The van der Waals surface area contributed by atoms with Crippen LogP contribution in [0, 0.1) is 13.8 Å². The number of rotatable bonds is 4. The largest absolute Gasteiger partial charge is 0.459 e. The molecule has 23 heavy (non-hydrogen) atoms. The minimum atomic E-state index is -0.293. The number of aryl methyl sites for hydroxylation is 2. The van der Waals surface area contributed by atoms with Crippen molar-refractivity contribution < 1.29 is 14.0 Å². The van der Waals surface area contributed by atoms with E-state index in [1.807, 2.05) is 19.1 Å². The van der Waals surface area contributed by atoms with E-state index in [0.29, 0.717) is 32.2 Å². The van der Waals surface area contributed by atoms with E-state index in [9.17, 15) is 9.59 Å². The summed E-state index contributed by atoms with van der Waals surface area (Å²) in [6.07, 6.45) is 0. The van der Waals surface area contributed by atoms with E-state index < -0.39 is 0 Å². The quantitative estimate of drug-likeness (QED) is 0.723. The van der Waals surface area contributed by atoms with Gasteiger partial charge >= 0.3 is 0 Å². The van der Waals surface area contributed by atoms with Crippen molar-refractivity contribution in [1.82, 2.24) is 9.97 Å². The number of nitrogens with one attached hydrogen (secondary N) is 1. The fourth-order valence-corrected chi connectivity index (χ4v) is 3.58. The van der Waals surface area contributed by atoms with E-state index in [0.717, 1.165) is 5.76 Å². The molecule has 8 heteroatoms. The monoisotopic (exact) mass is 347 g/mol. The number of carbonyl (C=O) groups is 2. The Balaban J connectivity index is 1.82. The third-order valence-electron chi connectivity index (χ3n) is 3.04. The van der Waals surface area contributed by atoms with Crippen molar-refractivity contribution in [1.29, 1.82) is 0 Å². The molecule has 0 saturated heterocycles. The summed E-state index contributed by atoms with van der Waals surface area (Å²) in [5, 5.41) is 5.37. The molecule has 0 aliphatic carbocycles. The van der Waals surface area contributed by atoms with Crippen LogP contribution >= 0.6 is 22.7 Å². The smallest absolute Gasteiger partial charge is 0.269 e. The Bertz CT molecular complexity index is 892. The van der Waals surface area contributed by atoms with Crippen molar-refractivity contribution in [3.05, 3.63) is 39.5 Å². The number of nitrogens with zero attached hydrogens (tertiary/aromatic N) is 2. The first-order valence-corrected chi connectivity index (χ1v) is 8.45. The highest BCUT2D eigenvalue weighted by atomic mass is 32.1. The molecule has 0 unspecified atom stereocenters. The van der Waals surface area contributed by atoms with Crippen LogP contribution in [0.4, 0.5) is 5.13 Å². The summed E-state index contributed by atoms with van der Waals surface area (Å²) < 4.78 is 5.53. The summed E-state index contributed by atoms with van der Waals surface area (Å²) in [6, 6.07) is 3.68. The lowest BCUT2D eigenvalue weighted by Gasteiger charge is -1.98. The van der Waals surface area contributed by atoms with E-state index in [-0.39, 0.29) is 11.7 Å². The fourth-order valence-electron chi connectivity index (χ4n) is 1.91. The van der Waals surface area contributed by atoms with Crippen molar-refractivity contribution in [2.45, 2.75) is 20.8 Å². The SMILES string of the molecule is CC(=O)c1csc(NC(=O)c2sc(-c3ccc(C)o3)nc2C)n1. The van der Waals surface area contributed by atoms with Gasteiger partial charge in [-0.2, -0.15) is 0 Å². The summed E-state index contributed by atoms with van der Waals surface area (Å²) in [5.41, 5.74) is 0.970. The van der Waals surface area contributed by atoms with Crippen molar-refractivity contribution in [3.8, 4) is 10.8 Å². The molecule has 0 bridgehead atoms. The minimum absolute atomic E-state index is 0.133. The van der Waals surface area contributed by atoms with Gasteiger partial charge in [-0.3, -0.25) is 14.9 Å². The molecular weight excluding hydrogens is 334 g/mol. The lowest BCUT2D eigenvalue weighted by atomic mass is 10.3. The topological polar surface area (TPSA) is 85.1 Å². The molecule has 6 nitrogen and oxygen atoms in total. The van der Waals surface area contributed by atoms with Gasteiger partial charge in [0, 0.05) is 12.3 Å². The van der Waals surface area contributed by atoms with Crippen LogP contribution in [0.1, 0.15) is 38.5 Å². The fraction of sp³-hybridized carbons (Fsp3) is 0.200. The van der Waals surface area contributed by atoms with Crippen molar-refractivity contribution >= 4 is 39.5 Å². The summed E-state index contributed by atoms with van der Waals surface area (Å²) in [5.74, 6) is 1.01. The van der Waals surface area contributed by atoms with Gasteiger partial charge in [-0.1, -0.05) is 0 Å². The normalized spacial score (nSPS) is 10.7. The van der Waals surface area contributed by atoms with Crippen molar-refractivity contribution in [2.75, 3.05) is 5.32 Å². The highest BCUT2D eigenvalue weighted by Gasteiger charge is 2.19. The molecule has 0 spiro atoms. The van der Waals surface area contributed by atoms with Gasteiger partial charge in [-0.05, 0) is 26.0 Å². The van der Waals surface area contributed by atoms with Crippen LogP contribution in [0.5, 0.6) is 0 Å². The minimum Gasteiger partial charge on any atom is -0.459 e. The van der Waals surface area contributed by atoms with Crippen LogP contribution in [0.25, 0.3) is 10.8 Å². The molecule has 0 aliphatic heterocycles. The van der Waals surface area contributed by atoms with Crippen LogP contribution in [0.2, 0.25) is 0 Å². The van der Waals surface area contributed by atoms with E-state index >= 15 is 0 Å². The molecule has 0 aromatic carbocycles. The molecule has 118 valence electrons. The van der Waals surface area contributed by atoms with Gasteiger partial charge < -0.3 is 4.42 Å². The van der Waals surface area contributed by atoms with E-state index in [2.05, 4.69) is 15.3 Å². The number of hydrogen-bond acceptors (Lipinski definition) is 7. The van der Waals surface area contributed by atoms with Gasteiger partial charge in [0.25, 0.3) is 5.91 Å². The third kappa shape index (κ3) is 3.22. The van der Waals surface area contributed by atoms with Crippen molar-refractivity contribution in [3.63, 3.8) is 0 Å². The van der Waals surface area contributed by atoms with Crippen LogP contribution in [-0.2, 0) is 0 Å². The lowest BCUT2D eigenvalue weighted by Crippen LogP contribution is -2.11. The molecule has 0 aliphatic rings. The average molecular weight is 347 g/mol. The molecule has 0 fully saturated rings. The third-order valence-corrected chi connectivity index (χ3v) is 4.97. The molecule has 3 aromatic rings. The number of Topliss-reactive ketones (excluding diaryl/α,β-unsaturated/α-hetero) is 1. The first-order valence-electron chi connectivity index (χ1n) is 6.76. The molecular formula is C15H13N3O3S2. The second kappa shape index (κ2) is 6.05. The Kier molecular flexibility index (Phi) is 4.10. The van der Waals surface area contributed by atoms with Gasteiger partial charge in [0.2, 0.25) is 0 Å². The van der Waals surface area contributed by atoms with Crippen LogP contribution in [0.3, 0.4) is 0 Å². The highest BCUT2D eigenvalue weighted by molar-refractivity contribution is 7.17. The lowest BCUT2D eigenvalue weighted by molar-refractivity contribution is 0.100. The summed E-state index contributed by atoms with van der Waals surface area (Å²) >= 11 is 2.47. The first-order chi connectivity index (χ1) is 10.9. The molecule has 0 radical (unpaired) electrons. The van der Waals surface area contributed by atoms with Crippen LogP contribution < -0.4 is 5.32 Å². The molecule has 1 amide bonds. The Morgan fingerprint density at radius 3 is 2.61 bits per heavy atom. The van der Waals surface area contributed by atoms with E-state index in [4.69, 9.17) is 4.42 Å². The summed E-state index contributed by atoms with van der Waals surface area (Å²) in [6.45, 7) is 5.06. The Morgan fingerprint density at radius 1 is 1.22 bits per heavy atom. The van der Waals surface area contributed by atoms with E-state index in [1.165, 1.54) is 29.6 Å². The van der Waals surface area contributed by atoms with Gasteiger partial charge in [0.15, 0.2) is 21.7 Å². The average Bonchev–Trinajstić information content (AvgIpc) is 3.18. The number of furan rings is 1. The van der Waals surface area contributed by atoms with Gasteiger partial charge in [0.1, 0.15) is 16.3 Å². The Hall–Kier alpha value is -2.32. The number of hydrogen-bond donors (Lipinski definition) is 1. The van der Waals surface area contributed by atoms with Crippen LogP contribution in [0.15, 0.2) is 21.9 Å². The van der Waals surface area contributed by atoms with E-state index in [1.54, 1.807) is 12.3 Å². The molecule has 3 heterocycles. The Labute approximate surface area is 140 Å². The van der Waals surface area contributed by atoms with Gasteiger partial charge in [-0.15, -0.1) is 22.7 Å². The van der Waals surface area contributed by atoms with Crippen LogP contribution in [-0.4, -0.2) is 21.7 Å². The Morgan fingerprint density at radius 2 is 2.00 bits per heavy atom. The maximum absolute atomic E-state index is 12.4. The molecule has 3 rings (SSSR count). The second-order valence-electron chi connectivity index (χ2n) is 4.89. The number of amides is 1. The number of aromatic nitrogens is 2. The standard InChI is InChI=1S/C15H13N3O3S2/c1-7-4-5-11(21-7)14-16-8(2)12(23-14)13(20)18-15-17-10(6-22-15)9(3)19/h4-6H,1-3H3,(H,17,18,20). The predicted molar refractivity (Wildman–Crippen MR) is 89.4 cm³/mol. The van der Waals surface area contributed by atoms with Gasteiger partial charge in [0.05, 0.1) is 5.69 Å². The molecule has 1 N–H and O–H groups in total. The number of carbonyl (C=O) groups excluding carboxylic acids is 2. The second-order valence-corrected chi connectivity index (χ2v) is 6.75. The first kappa shape index (κ1) is 15.6. The zero-order valence-corrected chi connectivity index (χ0v) is 14.3. The maximum atomic E-state index is 12.4. The van der Waals surface area contributed by atoms with Gasteiger partial charge in [-0.25, -0.2) is 9.97 Å². The maximum Gasteiger partial charge on any atom is 0.269 e. The molecule has 0 atom stereocenters. The highest BCUT2D eigenvalue weighted by Crippen LogP contribution is 2.30. The summed E-state index contributed by atoms with van der Waals surface area (Å²) in [7, 11) is 0. The molecule has 0 saturated carbocycles. The number of ketones is 1. The zero-order valence-electron chi connectivity index (χ0n) is 12.7. The number of thiazole rings is 2. The predicted octanol–water partition coefficient (Wildman–Crippen LogP) is 3.93. The summed E-state index contributed by atoms with van der Waals surface area (Å²) in [4.78, 5) is 32.6. The molecule has 3 aromatic heterocycles. The number of anilines is 1. The van der Waals surface area contributed by atoms with Crippen molar-refractivity contribution in [2.24, 2.45) is 0 Å². The zero-order chi connectivity index (χ0) is 16.6.